The molecule has 7 nitrogen and oxygen atoms in total. The first-order chi connectivity index (χ1) is 13.8. The summed E-state index contributed by atoms with van der Waals surface area (Å²) in [6, 6.07) is 3.78. The van der Waals surface area contributed by atoms with Gasteiger partial charge in [-0.15, -0.1) is 24.0 Å². The minimum Gasteiger partial charge on any atom is -0.444 e. The Bertz CT molecular complexity index is 679. The number of ether oxygens (including phenoxy) is 1. The van der Waals surface area contributed by atoms with E-state index in [1.807, 2.05) is 38.7 Å². The highest BCUT2D eigenvalue weighted by atomic mass is 127. The normalized spacial score (nSPS) is 17.2. The predicted molar refractivity (Wildman–Crippen MR) is 133 cm³/mol. The molecule has 0 aromatic carbocycles. The number of aromatic nitrogens is 1. The number of halogens is 2. The summed E-state index contributed by atoms with van der Waals surface area (Å²) in [5.74, 6) is 1.14. The molecule has 0 saturated carbocycles. The van der Waals surface area contributed by atoms with Gasteiger partial charge in [-0.2, -0.15) is 0 Å². The minimum atomic E-state index is -0.468. The number of piperidine rings is 1. The van der Waals surface area contributed by atoms with Gasteiger partial charge in [0, 0.05) is 38.9 Å². The maximum Gasteiger partial charge on any atom is 0.410 e. The molecule has 1 aromatic rings. The van der Waals surface area contributed by atoms with Crippen molar-refractivity contribution in [1.29, 1.82) is 0 Å². The first-order valence-corrected chi connectivity index (χ1v) is 10.7. The summed E-state index contributed by atoms with van der Waals surface area (Å²) in [6.45, 7) is 11.4. The molecule has 1 aromatic heterocycles. The Morgan fingerprint density at radius 1 is 1.37 bits per heavy atom. The van der Waals surface area contributed by atoms with Gasteiger partial charge in [-0.25, -0.2) is 9.78 Å². The highest BCUT2D eigenvalue weighted by molar-refractivity contribution is 14.0. The minimum absolute atomic E-state index is 0. The number of rotatable bonds is 6. The molecule has 9 heteroatoms. The molecule has 1 aliphatic heterocycles. The fourth-order valence-corrected chi connectivity index (χ4v) is 3.26. The molecule has 1 atom stereocenters. The number of likely N-dealkylation sites (tertiary alicyclic amines) is 1. The first kappa shape index (κ1) is 26.7. The van der Waals surface area contributed by atoms with E-state index >= 15 is 0 Å². The van der Waals surface area contributed by atoms with Crippen LogP contribution in [0, 0.1) is 5.92 Å². The van der Waals surface area contributed by atoms with Crippen molar-refractivity contribution >= 4 is 47.6 Å². The van der Waals surface area contributed by atoms with E-state index in [4.69, 9.17) is 21.3 Å². The van der Waals surface area contributed by atoms with Gasteiger partial charge in [0.2, 0.25) is 0 Å². The number of amides is 1. The van der Waals surface area contributed by atoms with Gasteiger partial charge in [0.25, 0.3) is 0 Å². The van der Waals surface area contributed by atoms with Gasteiger partial charge >= 0.3 is 6.09 Å². The summed E-state index contributed by atoms with van der Waals surface area (Å²) in [7, 11) is 0. The van der Waals surface area contributed by atoms with Crippen LogP contribution in [-0.2, 0) is 11.2 Å². The Balaban J connectivity index is 0.00000450. The third-order valence-electron chi connectivity index (χ3n) is 4.52. The molecule has 30 heavy (non-hydrogen) atoms. The van der Waals surface area contributed by atoms with Crippen molar-refractivity contribution in [2.24, 2.45) is 10.9 Å². The molecule has 1 aliphatic rings. The summed E-state index contributed by atoms with van der Waals surface area (Å²) in [5.41, 5.74) is 0.655. The van der Waals surface area contributed by atoms with E-state index in [-0.39, 0.29) is 30.1 Å². The predicted octanol–water partition coefficient (Wildman–Crippen LogP) is 4.10. The van der Waals surface area contributed by atoms with Gasteiger partial charge in [0.1, 0.15) is 10.8 Å². The molecule has 0 aliphatic carbocycles. The summed E-state index contributed by atoms with van der Waals surface area (Å²) in [6.07, 6.45) is 4.45. The highest BCUT2D eigenvalue weighted by Gasteiger charge is 2.27. The fraction of sp³-hybridized carbons (Fsp3) is 0.667. The number of aliphatic imine (C=N–C) groups is 1. The van der Waals surface area contributed by atoms with Crippen molar-refractivity contribution in [1.82, 2.24) is 20.5 Å². The lowest BCUT2D eigenvalue weighted by molar-refractivity contribution is 0.0170. The van der Waals surface area contributed by atoms with Crippen molar-refractivity contribution in [2.45, 2.75) is 52.6 Å². The lowest BCUT2D eigenvalue weighted by Crippen LogP contribution is -2.44. The summed E-state index contributed by atoms with van der Waals surface area (Å²) in [4.78, 5) is 23.0. The van der Waals surface area contributed by atoms with Crippen molar-refractivity contribution in [3.63, 3.8) is 0 Å². The molecule has 1 unspecified atom stereocenters. The molecular formula is C21H35ClIN5O2. The molecular weight excluding hydrogens is 517 g/mol. The summed E-state index contributed by atoms with van der Waals surface area (Å²) in [5, 5.41) is 7.15. The number of nitrogens with zero attached hydrogens (tertiary/aromatic N) is 3. The Morgan fingerprint density at radius 2 is 2.13 bits per heavy atom. The maximum atomic E-state index is 12.3. The SMILES string of the molecule is CCNC(=NCC1CCCN(C(=O)OC(C)(C)C)C1)NCCc1ccc(Cl)nc1.I. The quantitative estimate of drug-likeness (QED) is 0.241. The van der Waals surface area contributed by atoms with Crippen molar-refractivity contribution in [3.05, 3.63) is 29.0 Å². The van der Waals surface area contributed by atoms with Crippen LogP contribution in [0.4, 0.5) is 4.79 Å². The Morgan fingerprint density at radius 3 is 2.77 bits per heavy atom. The van der Waals surface area contributed by atoms with E-state index in [0.717, 1.165) is 50.4 Å². The van der Waals surface area contributed by atoms with Crippen LogP contribution in [0.2, 0.25) is 5.15 Å². The lowest BCUT2D eigenvalue weighted by Gasteiger charge is -2.33. The second-order valence-corrected chi connectivity index (χ2v) is 8.71. The third-order valence-corrected chi connectivity index (χ3v) is 4.74. The standard InChI is InChI=1S/C21H34ClN5O2.HI/c1-5-23-19(24-11-10-16-8-9-18(22)25-13-16)26-14-17-7-6-12-27(15-17)20(28)29-21(2,3)4;/h8-9,13,17H,5-7,10-12,14-15H2,1-4H3,(H2,23,24,26);1H. The lowest BCUT2D eigenvalue weighted by atomic mass is 9.98. The van der Waals surface area contributed by atoms with E-state index in [9.17, 15) is 4.79 Å². The van der Waals surface area contributed by atoms with Crippen molar-refractivity contribution < 1.29 is 9.53 Å². The molecule has 0 bridgehead atoms. The zero-order valence-electron chi connectivity index (χ0n) is 18.4. The number of pyridine rings is 1. The molecule has 2 heterocycles. The fourth-order valence-electron chi connectivity index (χ4n) is 3.15. The second-order valence-electron chi connectivity index (χ2n) is 8.32. The topological polar surface area (TPSA) is 78.9 Å². The van der Waals surface area contributed by atoms with E-state index < -0.39 is 5.60 Å². The van der Waals surface area contributed by atoms with Crippen LogP contribution in [0.1, 0.15) is 46.1 Å². The van der Waals surface area contributed by atoms with Crippen molar-refractivity contribution in [2.75, 3.05) is 32.7 Å². The number of carbonyl (C=O) groups is 1. The molecule has 1 saturated heterocycles. The number of hydrogen-bond acceptors (Lipinski definition) is 4. The zero-order valence-corrected chi connectivity index (χ0v) is 21.5. The van der Waals surface area contributed by atoms with Crippen LogP contribution in [0.5, 0.6) is 0 Å². The Labute approximate surface area is 202 Å². The number of nitrogens with one attached hydrogen (secondary N) is 2. The van der Waals surface area contributed by atoms with E-state index in [2.05, 4.69) is 15.6 Å². The molecule has 2 N–H and O–H groups in total. The second kappa shape index (κ2) is 13.2. The van der Waals surface area contributed by atoms with Gasteiger partial charge < -0.3 is 20.3 Å². The first-order valence-electron chi connectivity index (χ1n) is 10.4. The van der Waals surface area contributed by atoms with Crippen LogP contribution in [0.25, 0.3) is 0 Å². The molecule has 0 spiro atoms. The van der Waals surface area contributed by atoms with Crippen LogP contribution in [0.3, 0.4) is 0 Å². The zero-order chi connectivity index (χ0) is 21.3. The van der Waals surface area contributed by atoms with Crippen LogP contribution in [0.15, 0.2) is 23.3 Å². The Kier molecular flexibility index (Phi) is 11.8. The molecule has 170 valence electrons. The number of guanidine groups is 1. The average Bonchev–Trinajstić information content (AvgIpc) is 2.66. The number of hydrogen-bond donors (Lipinski definition) is 2. The summed E-state index contributed by atoms with van der Waals surface area (Å²) >= 11 is 5.83. The van der Waals surface area contributed by atoms with Gasteiger partial charge in [-0.1, -0.05) is 17.7 Å². The average molecular weight is 552 g/mol. The Hall–Kier alpha value is -1.29. The molecule has 1 amide bonds. The van der Waals surface area contributed by atoms with Crippen LogP contribution >= 0.6 is 35.6 Å². The van der Waals surface area contributed by atoms with E-state index in [1.54, 1.807) is 12.3 Å². The third kappa shape index (κ3) is 10.1. The van der Waals surface area contributed by atoms with E-state index in [1.165, 1.54) is 0 Å². The molecule has 1 fully saturated rings. The molecule has 2 rings (SSSR count). The van der Waals surface area contributed by atoms with Gasteiger partial charge in [-0.05, 0) is 64.5 Å². The molecule has 0 radical (unpaired) electrons. The summed E-state index contributed by atoms with van der Waals surface area (Å²) < 4.78 is 5.51. The van der Waals surface area contributed by atoms with Crippen molar-refractivity contribution in [3.8, 4) is 0 Å². The largest absolute Gasteiger partial charge is 0.444 e. The van der Waals surface area contributed by atoms with Crippen LogP contribution in [-0.4, -0.2) is 60.3 Å². The highest BCUT2D eigenvalue weighted by Crippen LogP contribution is 2.19. The number of carbonyl (C=O) groups excluding carboxylic acids is 1. The van der Waals surface area contributed by atoms with Gasteiger partial charge in [0.15, 0.2) is 5.96 Å². The van der Waals surface area contributed by atoms with Gasteiger partial charge in [0.05, 0.1) is 0 Å². The monoisotopic (exact) mass is 551 g/mol. The van der Waals surface area contributed by atoms with E-state index in [0.29, 0.717) is 24.2 Å². The smallest absolute Gasteiger partial charge is 0.410 e. The van der Waals surface area contributed by atoms with Gasteiger partial charge in [-0.3, -0.25) is 4.99 Å². The van der Waals surface area contributed by atoms with Crippen LogP contribution < -0.4 is 10.6 Å². The maximum absolute atomic E-state index is 12.3.